The van der Waals surface area contributed by atoms with Crippen LogP contribution in [0.15, 0.2) is 48.0 Å². The van der Waals surface area contributed by atoms with Crippen molar-refractivity contribution in [1.29, 1.82) is 0 Å². The van der Waals surface area contributed by atoms with Crippen molar-refractivity contribution in [2.24, 2.45) is 0 Å². The molecule has 0 radical (unpaired) electrons. The van der Waals surface area contributed by atoms with Crippen molar-refractivity contribution >= 4 is 0 Å². The molecule has 0 saturated carbocycles. The van der Waals surface area contributed by atoms with Gasteiger partial charge in [-0.3, -0.25) is 0 Å². The minimum atomic E-state index is 0.322. The number of allylic oxidation sites excluding steroid dienone is 4. The molecule has 0 aromatic rings. The van der Waals surface area contributed by atoms with E-state index in [1.807, 2.05) is 18.4 Å². The monoisotopic (exact) mass is 147 g/mol. The summed E-state index contributed by atoms with van der Waals surface area (Å²) in [6.07, 6.45) is 11.4. The summed E-state index contributed by atoms with van der Waals surface area (Å²) < 4.78 is 0. The summed E-state index contributed by atoms with van der Waals surface area (Å²) in [5.74, 6) is 0.322. The maximum Gasteiger partial charge on any atom is 0.119 e. The van der Waals surface area contributed by atoms with Crippen LogP contribution in [0.25, 0.3) is 0 Å². The van der Waals surface area contributed by atoms with Gasteiger partial charge >= 0.3 is 0 Å². The van der Waals surface area contributed by atoms with Gasteiger partial charge in [0.2, 0.25) is 0 Å². The number of fused-ring (bicyclic) bond motifs is 1. The van der Waals surface area contributed by atoms with E-state index in [1.54, 1.807) is 12.2 Å². The van der Waals surface area contributed by atoms with E-state index in [1.165, 1.54) is 0 Å². The standard InChI is InChI=1S/C9H9NO/c11-9-4-6-10-5-2-1-3-8(10)7-9/h1-4,6-7,11H,5H2. The Kier molecular flexibility index (Phi) is 1.32. The highest BCUT2D eigenvalue weighted by Gasteiger charge is 2.09. The van der Waals surface area contributed by atoms with E-state index in [-0.39, 0.29) is 0 Å². The molecule has 2 aliphatic heterocycles. The SMILES string of the molecule is OC1=CC2=CC=CCN2C=C1. The zero-order chi connectivity index (χ0) is 7.68. The van der Waals surface area contributed by atoms with Gasteiger partial charge in [-0.15, -0.1) is 0 Å². The quantitative estimate of drug-likeness (QED) is 0.563. The van der Waals surface area contributed by atoms with Crippen molar-refractivity contribution < 1.29 is 5.11 Å². The van der Waals surface area contributed by atoms with Crippen molar-refractivity contribution in [2.45, 2.75) is 0 Å². The average Bonchev–Trinajstić information content (AvgIpc) is 2.04. The lowest BCUT2D eigenvalue weighted by molar-refractivity contribution is 0.414. The molecule has 0 saturated heterocycles. The Morgan fingerprint density at radius 3 is 3.27 bits per heavy atom. The molecule has 0 amide bonds. The number of aliphatic hydroxyl groups is 1. The van der Waals surface area contributed by atoms with E-state index in [0.717, 1.165) is 12.2 Å². The largest absolute Gasteiger partial charge is 0.508 e. The van der Waals surface area contributed by atoms with E-state index in [0.29, 0.717) is 5.76 Å². The van der Waals surface area contributed by atoms with Gasteiger partial charge in [0.15, 0.2) is 0 Å². The van der Waals surface area contributed by atoms with E-state index in [2.05, 4.69) is 11.0 Å². The van der Waals surface area contributed by atoms with Crippen molar-refractivity contribution in [1.82, 2.24) is 4.90 Å². The van der Waals surface area contributed by atoms with Crippen LogP contribution in [-0.4, -0.2) is 16.6 Å². The van der Waals surface area contributed by atoms with E-state index in [4.69, 9.17) is 5.11 Å². The lowest BCUT2D eigenvalue weighted by Crippen LogP contribution is -2.19. The van der Waals surface area contributed by atoms with Gasteiger partial charge < -0.3 is 10.0 Å². The highest BCUT2D eigenvalue weighted by molar-refractivity contribution is 5.35. The maximum absolute atomic E-state index is 9.13. The molecule has 1 N–H and O–H groups in total. The molecule has 0 fully saturated rings. The first-order chi connectivity index (χ1) is 5.36. The third-order valence-corrected chi connectivity index (χ3v) is 1.76. The first kappa shape index (κ1) is 6.28. The number of rotatable bonds is 0. The Morgan fingerprint density at radius 2 is 2.36 bits per heavy atom. The van der Waals surface area contributed by atoms with Crippen LogP contribution in [-0.2, 0) is 0 Å². The second-order valence-corrected chi connectivity index (χ2v) is 2.56. The van der Waals surface area contributed by atoms with Crippen LogP contribution in [0.3, 0.4) is 0 Å². The molecular formula is C9H9NO. The predicted octanol–water partition coefficient (Wildman–Crippen LogP) is 1.71. The van der Waals surface area contributed by atoms with Crippen LogP contribution in [0.1, 0.15) is 0 Å². The molecule has 0 bridgehead atoms. The van der Waals surface area contributed by atoms with Crippen LogP contribution < -0.4 is 0 Å². The molecule has 0 atom stereocenters. The van der Waals surface area contributed by atoms with Gasteiger partial charge in [-0.25, -0.2) is 0 Å². The lowest BCUT2D eigenvalue weighted by atomic mass is 10.2. The summed E-state index contributed by atoms with van der Waals surface area (Å²) >= 11 is 0. The number of hydrogen-bond donors (Lipinski definition) is 1. The fourth-order valence-corrected chi connectivity index (χ4v) is 1.19. The third kappa shape index (κ3) is 1.07. The molecule has 0 aromatic carbocycles. The molecule has 0 unspecified atom stereocenters. The predicted molar refractivity (Wildman–Crippen MR) is 43.8 cm³/mol. The molecule has 11 heavy (non-hydrogen) atoms. The Labute approximate surface area is 65.4 Å². The Balaban J connectivity index is 2.35. The van der Waals surface area contributed by atoms with Crippen LogP contribution >= 0.6 is 0 Å². The minimum absolute atomic E-state index is 0.322. The highest BCUT2D eigenvalue weighted by atomic mass is 16.3. The molecule has 2 rings (SSSR count). The molecule has 2 heteroatoms. The van der Waals surface area contributed by atoms with Crippen LogP contribution in [0, 0.1) is 0 Å². The third-order valence-electron chi connectivity index (χ3n) is 1.76. The first-order valence-corrected chi connectivity index (χ1v) is 3.58. The van der Waals surface area contributed by atoms with Crippen molar-refractivity contribution in [3.05, 3.63) is 48.0 Å². The minimum Gasteiger partial charge on any atom is -0.508 e. The maximum atomic E-state index is 9.13. The van der Waals surface area contributed by atoms with Gasteiger partial charge in [0, 0.05) is 24.5 Å². The van der Waals surface area contributed by atoms with Gasteiger partial charge in [0.1, 0.15) is 5.76 Å². The Hall–Kier alpha value is -1.44. The van der Waals surface area contributed by atoms with Crippen molar-refractivity contribution in [3.8, 4) is 0 Å². The number of aliphatic hydroxyl groups excluding tert-OH is 1. The average molecular weight is 147 g/mol. The molecule has 2 heterocycles. The summed E-state index contributed by atoms with van der Waals surface area (Å²) in [6, 6.07) is 0. The topological polar surface area (TPSA) is 23.5 Å². The summed E-state index contributed by atoms with van der Waals surface area (Å²) in [4.78, 5) is 2.07. The zero-order valence-electron chi connectivity index (χ0n) is 6.07. The Bertz CT molecular complexity index is 284. The van der Waals surface area contributed by atoms with E-state index in [9.17, 15) is 0 Å². The zero-order valence-corrected chi connectivity index (χ0v) is 6.07. The lowest BCUT2D eigenvalue weighted by Gasteiger charge is -2.24. The van der Waals surface area contributed by atoms with Crippen molar-refractivity contribution in [2.75, 3.05) is 6.54 Å². The second-order valence-electron chi connectivity index (χ2n) is 2.56. The molecule has 2 aliphatic rings. The fourth-order valence-electron chi connectivity index (χ4n) is 1.19. The summed E-state index contributed by atoms with van der Waals surface area (Å²) in [7, 11) is 0. The van der Waals surface area contributed by atoms with E-state index < -0.39 is 0 Å². The molecule has 0 spiro atoms. The fraction of sp³-hybridized carbons (Fsp3) is 0.111. The smallest absolute Gasteiger partial charge is 0.119 e. The highest BCUT2D eigenvalue weighted by Crippen LogP contribution is 2.17. The summed E-state index contributed by atoms with van der Waals surface area (Å²) in [5, 5.41) is 9.13. The first-order valence-electron chi connectivity index (χ1n) is 3.58. The normalized spacial score (nSPS) is 20.9. The van der Waals surface area contributed by atoms with E-state index >= 15 is 0 Å². The van der Waals surface area contributed by atoms with Crippen LogP contribution in [0.2, 0.25) is 0 Å². The van der Waals surface area contributed by atoms with Gasteiger partial charge in [0.25, 0.3) is 0 Å². The Morgan fingerprint density at radius 1 is 1.45 bits per heavy atom. The van der Waals surface area contributed by atoms with Gasteiger partial charge in [-0.1, -0.05) is 12.2 Å². The summed E-state index contributed by atoms with van der Waals surface area (Å²) in [5.41, 5.74) is 1.05. The molecular weight excluding hydrogens is 138 g/mol. The summed E-state index contributed by atoms with van der Waals surface area (Å²) in [6.45, 7) is 0.895. The molecule has 56 valence electrons. The molecule has 2 nitrogen and oxygen atoms in total. The molecule has 0 aliphatic carbocycles. The second kappa shape index (κ2) is 2.31. The van der Waals surface area contributed by atoms with Gasteiger partial charge in [-0.2, -0.15) is 0 Å². The number of hydrogen-bond acceptors (Lipinski definition) is 2. The van der Waals surface area contributed by atoms with Crippen LogP contribution in [0.5, 0.6) is 0 Å². The van der Waals surface area contributed by atoms with Crippen LogP contribution in [0.4, 0.5) is 0 Å². The van der Waals surface area contributed by atoms with Gasteiger partial charge in [0.05, 0.1) is 0 Å². The van der Waals surface area contributed by atoms with Gasteiger partial charge in [-0.05, 0) is 12.2 Å². The van der Waals surface area contributed by atoms with Crippen molar-refractivity contribution in [3.63, 3.8) is 0 Å². The molecule has 0 aromatic heterocycles. The number of nitrogens with zero attached hydrogens (tertiary/aromatic N) is 1.